The van der Waals surface area contributed by atoms with Crippen LogP contribution in [0.2, 0.25) is 0 Å². The highest BCUT2D eigenvalue weighted by atomic mass is 15.1. The number of hydrogen-bond acceptors (Lipinski definition) is 2. The van der Waals surface area contributed by atoms with Crippen molar-refractivity contribution in [1.29, 1.82) is 5.41 Å². The van der Waals surface area contributed by atoms with Gasteiger partial charge in [0.05, 0.1) is 11.0 Å². The van der Waals surface area contributed by atoms with Crippen molar-refractivity contribution in [3.05, 3.63) is 29.6 Å². The zero-order chi connectivity index (χ0) is 11.3. The number of hydrogen-bond donors (Lipinski definition) is 2. The van der Waals surface area contributed by atoms with E-state index >= 15 is 0 Å². The largest absolute Gasteiger partial charge is 0.384 e. The summed E-state index contributed by atoms with van der Waals surface area (Å²) in [5, 5.41) is 7.41. The lowest BCUT2D eigenvalue weighted by Crippen LogP contribution is -2.10. The number of nitrogens with two attached hydrogens (primary N) is 1. The first-order chi connectivity index (χ1) is 7.66. The van der Waals surface area contributed by atoms with Gasteiger partial charge in [0.2, 0.25) is 0 Å². The summed E-state index contributed by atoms with van der Waals surface area (Å²) < 4.78 is 2.29. The fraction of sp³-hybridized carbons (Fsp3) is 0.333. The number of aryl methyl sites for hydroxylation is 1. The van der Waals surface area contributed by atoms with Crippen LogP contribution in [-0.2, 0) is 0 Å². The van der Waals surface area contributed by atoms with Crippen molar-refractivity contribution in [3.8, 4) is 0 Å². The van der Waals surface area contributed by atoms with Crippen molar-refractivity contribution in [3.63, 3.8) is 0 Å². The van der Waals surface area contributed by atoms with Gasteiger partial charge in [-0.25, -0.2) is 4.98 Å². The first-order valence-corrected chi connectivity index (χ1v) is 5.50. The van der Waals surface area contributed by atoms with Crippen LogP contribution in [0.25, 0.3) is 11.0 Å². The summed E-state index contributed by atoms with van der Waals surface area (Å²) in [6.07, 6.45) is 2.50. The Bertz CT molecular complexity index is 578. The molecule has 0 amide bonds. The molecule has 0 saturated heterocycles. The first-order valence-electron chi connectivity index (χ1n) is 5.50. The summed E-state index contributed by atoms with van der Waals surface area (Å²) >= 11 is 0. The quantitative estimate of drug-likeness (QED) is 0.592. The van der Waals surface area contributed by atoms with Gasteiger partial charge < -0.3 is 10.3 Å². The van der Waals surface area contributed by atoms with E-state index in [-0.39, 0.29) is 5.84 Å². The summed E-state index contributed by atoms with van der Waals surface area (Å²) in [4.78, 5) is 4.53. The summed E-state index contributed by atoms with van der Waals surface area (Å²) in [7, 11) is 0. The molecular formula is C12H14N4. The predicted molar refractivity (Wildman–Crippen MR) is 63.8 cm³/mol. The Hall–Kier alpha value is -1.84. The van der Waals surface area contributed by atoms with Crippen LogP contribution in [0.3, 0.4) is 0 Å². The summed E-state index contributed by atoms with van der Waals surface area (Å²) in [5.74, 6) is 1.15. The number of fused-ring (bicyclic) bond motifs is 1. The van der Waals surface area contributed by atoms with E-state index in [2.05, 4.69) is 9.55 Å². The second-order valence-corrected chi connectivity index (χ2v) is 4.38. The van der Waals surface area contributed by atoms with E-state index in [0.717, 1.165) is 22.4 Å². The number of aromatic nitrogens is 2. The van der Waals surface area contributed by atoms with E-state index in [4.69, 9.17) is 11.1 Å². The topological polar surface area (TPSA) is 67.7 Å². The van der Waals surface area contributed by atoms with E-state index in [9.17, 15) is 0 Å². The van der Waals surface area contributed by atoms with Crippen molar-refractivity contribution < 1.29 is 0 Å². The normalized spacial score (nSPS) is 15.6. The van der Waals surface area contributed by atoms with Crippen LogP contribution < -0.4 is 5.73 Å². The molecule has 0 bridgehead atoms. The molecule has 4 heteroatoms. The molecular weight excluding hydrogens is 200 g/mol. The number of nitrogen functional groups attached to an aromatic ring is 1. The monoisotopic (exact) mass is 214 g/mol. The number of rotatable bonds is 2. The number of imidazole rings is 1. The van der Waals surface area contributed by atoms with Crippen LogP contribution in [0, 0.1) is 12.3 Å². The maximum absolute atomic E-state index is 7.41. The van der Waals surface area contributed by atoms with Crippen molar-refractivity contribution in [1.82, 2.24) is 9.55 Å². The Labute approximate surface area is 93.6 Å². The second-order valence-electron chi connectivity index (χ2n) is 4.38. The van der Waals surface area contributed by atoms with Crippen LogP contribution in [0.5, 0.6) is 0 Å². The third-order valence-corrected chi connectivity index (χ3v) is 3.09. The van der Waals surface area contributed by atoms with Crippen LogP contribution in [-0.4, -0.2) is 15.4 Å². The number of nitrogens with one attached hydrogen (secondary N) is 1. The Morgan fingerprint density at radius 3 is 2.88 bits per heavy atom. The highest BCUT2D eigenvalue weighted by molar-refractivity contribution is 5.98. The van der Waals surface area contributed by atoms with Crippen LogP contribution >= 0.6 is 0 Å². The highest BCUT2D eigenvalue weighted by Gasteiger charge is 2.26. The maximum atomic E-state index is 7.41. The van der Waals surface area contributed by atoms with Gasteiger partial charge in [-0.15, -0.1) is 0 Å². The third kappa shape index (κ3) is 1.30. The first kappa shape index (κ1) is 9.39. The van der Waals surface area contributed by atoms with Crippen molar-refractivity contribution in [2.45, 2.75) is 25.8 Å². The average molecular weight is 214 g/mol. The maximum Gasteiger partial charge on any atom is 0.122 e. The zero-order valence-corrected chi connectivity index (χ0v) is 9.20. The Kier molecular flexibility index (Phi) is 1.80. The molecule has 0 aliphatic heterocycles. The van der Waals surface area contributed by atoms with Gasteiger partial charge in [0.1, 0.15) is 11.7 Å². The molecule has 0 radical (unpaired) electrons. The molecule has 1 aromatic heterocycles. The standard InChI is InChI=1S/C12H14N4/c1-7-15-10-6-8(12(13)14)2-5-11(10)16(7)9-3-4-9/h2,5-6,9H,3-4H2,1H3,(H3,13,14). The lowest BCUT2D eigenvalue weighted by atomic mass is 10.2. The molecule has 1 fully saturated rings. The fourth-order valence-electron chi connectivity index (χ4n) is 2.18. The van der Waals surface area contributed by atoms with Gasteiger partial charge in [-0.05, 0) is 38.0 Å². The fourth-order valence-corrected chi connectivity index (χ4v) is 2.18. The molecule has 3 N–H and O–H groups in total. The second kappa shape index (κ2) is 3.07. The van der Waals surface area contributed by atoms with E-state index in [1.165, 1.54) is 12.8 Å². The van der Waals surface area contributed by atoms with Crippen LogP contribution in [0.1, 0.15) is 30.3 Å². The van der Waals surface area contributed by atoms with Crippen molar-refractivity contribution in [2.75, 3.05) is 0 Å². The lowest BCUT2D eigenvalue weighted by molar-refractivity contribution is 0.734. The lowest BCUT2D eigenvalue weighted by Gasteiger charge is -2.04. The van der Waals surface area contributed by atoms with Gasteiger partial charge >= 0.3 is 0 Å². The summed E-state index contributed by atoms with van der Waals surface area (Å²) in [6, 6.07) is 6.44. The molecule has 0 spiro atoms. The predicted octanol–water partition coefficient (Wildman–Crippen LogP) is 1.96. The van der Waals surface area contributed by atoms with Gasteiger partial charge in [-0.2, -0.15) is 0 Å². The number of benzene rings is 1. The smallest absolute Gasteiger partial charge is 0.122 e. The number of nitrogens with zero attached hydrogens (tertiary/aromatic N) is 2. The molecule has 1 aliphatic rings. The van der Waals surface area contributed by atoms with E-state index < -0.39 is 0 Å². The van der Waals surface area contributed by atoms with Crippen molar-refractivity contribution >= 4 is 16.9 Å². The molecule has 1 aromatic carbocycles. The zero-order valence-electron chi connectivity index (χ0n) is 9.20. The molecule has 1 saturated carbocycles. The minimum Gasteiger partial charge on any atom is -0.384 e. The molecule has 4 nitrogen and oxygen atoms in total. The Morgan fingerprint density at radius 2 is 2.25 bits per heavy atom. The summed E-state index contributed by atoms with van der Waals surface area (Å²) in [5.41, 5.74) is 8.31. The van der Waals surface area contributed by atoms with Gasteiger partial charge in [0, 0.05) is 11.6 Å². The molecule has 2 aromatic rings. The molecule has 0 unspecified atom stereocenters. The minimum absolute atomic E-state index is 0.0977. The molecule has 1 heterocycles. The highest BCUT2D eigenvalue weighted by Crippen LogP contribution is 2.38. The van der Waals surface area contributed by atoms with E-state index in [0.29, 0.717) is 6.04 Å². The SMILES string of the molecule is Cc1nc2cc(C(=N)N)ccc2n1C1CC1. The van der Waals surface area contributed by atoms with Gasteiger partial charge in [0.25, 0.3) is 0 Å². The van der Waals surface area contributed by atoms with Gasteiger partial charge in [-0.3, -0.25) is 5.41 Å². The number of amidine groups is 1. The molecule has 16 heavy (non-hydrogen) atoms. The van der Waals surface area contributed by atoms with E-state index in [1.54, 1.807) is 0 Å². The molecule has 1 aliphatic carbocycles. The summed E-state index contributed by atoms with van der Waals surface area (Å²) in [6.45, 7) is 2.03. The minimum atomic E-state index is 0.0977. The van der Waals surface area contributed by atoms with Gasteiger partial charge in [0.15, 0.2) is 0 Å². The Morgan fingerprint density at radius 1 is 1.50 bits per heavy atom. The third-order valence-electron chi connectivity index (χ3n) is 3.09. The molecule has 3 rings (SSSR count). The Balaban J connectivity index is 2.23. The van der Waals surface area contributed by atoms with E-state index in [1.807, 2.05) is 25.1 Å². The molecule has 0 atom stereocenters. The van der Waals surface area contributed by atoms with Crippen LogP contribution in [0.4, 0.5) is 0 Å². The van der Waals surface area contributed by atoms with Gasteiger partial charge in [-0.1, -0.05) is 0 Å². The van der Waals surface area contributed by atoms with Crippen molar-refractivity contribution in [2.24, 2.45) is 5.73 Å². The average Bonchev–Trinajstić information content (AvgIpc) is 3.00. The van der Waals surface area contributed by atoms with Crippen LogP contribution in [0.15, 0.2) is 18.2 Å². The molecule has 82 valence electrons.